The maximum Gasteiger partial charge on any atom is 0.0812 e. The van der Waals surface area contributed by atoms with Crippen LogP contribution in [0.15, 0.2) is 72.1 Å². The van der Waals surface area contributed by atoms with Gasteiger partial charge in [-0.2, -0.15) is 3.89 Å². The van der Waals surface area contributed by atoms with Crippen LogP contribution < -0.4 is 0 Å². The molecule has 0 saturated carbocycles. The van der Waals surface area contributed by atoms with E-state index in [1.54, 1.807) is 0 Å². The van der Waals surface area contributed by atoms with E-state index in [0.717, 1.165) is 54.0 Å². The van der Waals surface area contributed by atoms with Crippen LogP contribution in [-0.2, 0) is 19.4 Å². The minimum absolute atomic E-state index is 0.187. The third-order valence-corrected chi connectivity index (χ3v) is 6.60. The molecule has 0 aliphatic carbocycles. The molecule has 1 aromatic heterocycles. The van der Waals surface area contributed by atoms with Crippen molar-refractivity contribution in [3.63, 3.8) is 0 Å². The van der Waals surface area contributed by atoms with E-state index in [9.17, 15) is 3.89 Å². The third kappa shape index (κ3) is 5.07. The van der Waals surface area contributed by atoms with Crippen LogP contribution in [0.1, 0.15) is 60.0 Å². The van der Waals surface area contributed by atoms with Crippen LogP contribution in [0.4, 0.5) is 3.89 Å². The minimum atomic E-state index is 0.187. The normalized spacial score (nSPS) is 14.2. The Morgan fingerprint density at radius 1 is 1.09 bits per heavy atom. The first-order valence-corrected chi connectivity index (χ1v) is 12.0. The quantitative estimate of drug-likeness (QED) is 0.352. The number of aryl methyl sites for hydroxylation is 2. The van der Waals surface area contributed by atoms with Gasteiger partial charge in [-0.05, 0) is 73.1 Å². The predicted octanol–water partition coefficient (Wildman–Crippen LogP) is 7.73. The summed E-state index contributed by atoms with van der Waals surface area (Å²) in [4.78, 5) is 7.74. The van der Waals surface area contributed by atoms with Gasteiger partial charge in [-0.3, -0.25) is 4.98 Å². The number of hydrogen-bond donors (Lipinski definition) is 0. The van der Waals surface area contributed by atoms with Gasteiger partial charge in [-0.1, -0.05) is 56.8 Å². The first-order chi connectivity index (χ1) is 15.4. The molecule has 3 aromatic rings. The van der Waals surface area contributed by atoms with Gasteiger partial charge in [0.05, 0.1) is 18.2 Å². The number of aromatic nitrogens is 1. The van der Waals surface area contributed by atoms with E-state index >= 15 is 0 Å². The van der Waals surface area contributed by atoms with Crippen molar-refractivity contribution >= 4 is 17.8 Å². The molecule has 1 aliphatic heterocycles. The second-order valence-electron chi connectivity index (χ2n) is 9.14. The molecule has 0 amide bonds. The Morgan fingerprint density at radius 3 is 2.56 bits per heavy atom. The summed E-state index contributed by atoms with van der Waals surface area (Å²) in [5.41, 5.74) is 8.11. The van der Waals surface area contributed by atoms with Crippen LogP contribution in [-0.4, -0.2) is 9.88 Å². The van der Waals surface area contributed by atoms with Gasteiger partial charge < -0.3 is 4.90 Å². The van der Waals surface area contributed by atoms with E-state index in [0.29, 0.717) is 23.0 Å². The predicted molar refractivity (Wildman–Crippen MR) is 133 cm³/mol. The van der Waals surface area contributed by atoms with Crippen LogP contribution in [0.3, 0.4) is 0 Å². The van der Waals surface area contributed by atoms with Crippen LogP contribution in [0.25, 0.3) is 5.70 Å². The number of nitrogens with zero attached hydrogens (tertiary/aromatic N) is 2. The molecule has 1 atom stereocenters. The van der Waals surface area contributed by atoms with Crippen LogP contribution >= 0.6 is 12.1 Å². The molecule has 0 bridgehead atoms. The van der Waals surface area contributed by atoms with Crippen molar-refractivity contribution in [3.8, 4) is 0 Å². The summed E-state index contributed by atoms with van der Waals surface area (Å²) in [7, 11) is 0. The Balaban J connectivity index is 1.62. The van der Waals surface area contributed by atoms with Gasteiger partial charge in [-0.25, -0.2) is 0 Å². The summed E-state index contributed by atoms with van der Waals surface area (Å²) in [6.07, 6.45) is 2.92. The van der Waals surface area contributed by atoms with Gasteiger partial charge in [0, 0.05) is 34.1 Å². The van der Waals surface area contributed by atoms with Crippen LogP contribution in [0, 0.1) is 12.8 Å². The molecule has 0 N–H and O–H groups in total. The number of hydrogen-bond acceptors (Lipinski definition) is 3. The first kappa shape index (κ1) is 22.6. The molecule has 166 valence electrons. The lowest BCUT2D eigenvalue weighted by Crippen LogP contribution is -2.23. The summed E-state index contributed by atoms with van der Waals surface area (Å²) < 4.78 is 13.2. The Bertz CT molecular complexity index is 1090. The average molecular weight is 447 g/mol. The van der Waals surface area contributed by atoms with Crippen LogP contribution in [0.2, 0.25) is 0 Å². The molecule has 2 nitrogen and oxygen atoms in total. The Labute approximate surface area is 195 Å². The maximum atomic E-state index is 13.2. The molecule has 2 heterocycles. The van der Waals surface area contributed by atoms with E-state index in [1.165, 1.54) is 11.1 Å². The number of benzene rings is 2. The lowest BCUT2D eigenvalue weighted by Gasteiger charge is -2.31. The van der Waals surface area contributed by atoms with Gasteiger partial charge in [0.15, 0.2) is 0 Å². The molecule has 4 rings (SSSR count). The average Bonchev–Trinajstić information content (AvgIpc) is 3.10. The summed E-state index contributed by atoms with van der Waals surface area (Å²) in [5, 5.41) is 0. The highest BCUT2D eigenvalue weighted by Gasteiger charge is 2.29. The largest absolute Gasteiger partial charge is 0.360 e. The minimum Gasteiger partial charge on any atom is -0.360 e. The molecule has 32 heavy (non-hydrogen) atoms. The van der Waals surface area contributed by atoms with Gasteiger partial charge in [0.2, 0.25) is 0 Å². The standard InChI is InChI=1S/C28H31FN2S/c1-19(2)16-22-8-10-23(11-9-22)28(15-12-25-7-5-6-20(3)30-25)31-18-24-17-26(32-29)13-14-27(24)21(31)4/h5-11,13-14,17,19,28H,4,12,15-16,18H2,1-3H3. The fourth-order valence-corrected chi connectivity index (χ4v) is 4.94. The Morgan fingerprint density at radius 2 is 1.88 bits per heavy atom. The van der Waals surface area contributed by atoms with Crippen LogP contribution in [0.5, 0.6) is 0 Å². The zero-order valence-corrected chi connectivity index (χ0v) is 20.0. The zero-order valence-electron chi connectivity index (χ0n) is 19.1. The molecule has 2 aromatic carbocycles. The number of rotatable bonds is 8. The summed E-state index contributed by atoms with van der Waals surface area (Å²) in [6.45, 7) is 11.7. The molecule has 0 radical (unpaired) electrons. The van der Waals surface area contributed by atoms with Crippen molar-refractivity contribution in [1.82, 2.24) is 9.88 Å². The summed E-state index contributed by atoms with van der Waals surface area (Å²) >= 11 is 0.301. The van der Waals surface area contributed by atoms with Crippen molar-refractivity contribution in [3.05, 3.63) is 101 Å². The van der Waals surface area contributed by atoms with Crippen molar-refractivity contribution in [2.45, 2.75) is 57.5 Å². The fourth-order valence-electron chi connectivity index (χ4n) is 4.64. The lowest BCUT2D eigenvalue weighted by atomic mass is 9.95. The molecule has 1 unspecified atom stereocenters. The molecular weight excluding hydrogens is 415 g/mol. The van der Waals surface area contributed by atoms with Crippen molar-refractivity contribution in [2.24, 2.45) is 5.92 Å². The van der Waals surface area contributed by atoms with E-state index in [1.807, 2.05) is 31.2 Å². The number of halogens is 1. The van der Waals surface area contributed by atoms with Gasteiger partial charge in [-0.15, -0.1) is 0 Å². The van der Waals surface area contributed by atoms with Gasteiger partial charge >= 0.3 is 0 Å². The molecule has 4 heteroatoms. The van der Waals surface area contributed by atoms with E-state index in [-0.39, 0.29) is 6.04 Å². The molecule has 0 saturated heterocycles. The third-order valence-electron chi connectivity index (χ3n) is 6.17. The first-order valence-electron chi connectivity index (χ1n) is 11.3. The van der Waals surface area contributed by atoms with Crippen molar-refractivity contribution in [2.75, 3.05) is 0 Å². The van der Waals surface area contributed by atoms with E-state index < -0.39 is 0 Å². The monoisotopic (exact) mass is 446 g/mol. The zero-order chi connectivity index (χ0) is 22.7. The smallest absolute Gasteiger partial charge is 0.0812 e. The van der Waals surface area contributed by atoms with Gasteiger partial charge in [0.1, 0.15) is 0 Å². The second kappa shape index (κ2) is 9.91. The molecule has 0 spiro atoms. The topological polar surface area (TPSA) is 16.1 Å². The SMILES string of the molecule is C=C1c2ccc(SF)cc2CN1C(CCc1cccc(C)n1)c1ccc(CC(C)C)cc1. The highest BCUT2D eigenvalue weighted by molar-refractivity contribution is 7.94. The maximum absolute atomic E-state index is 13.2. The Hall–Kier alpha value is -2.59. The van der Waals surface area contributed by atoms with Crippen molar-refractivity contribution < 1.29 is 3.89 Å². The fraction of sp³-hybridized carbons (Fsp3) is 0.321. The highest BCUT2D eigenvalue weighted by Crippen LogP contribution is 2.41. The number of pyridine rings is 1. The molecule has 0 fully saturated rings. The van der Waals surface area contributed by atoms with Crippen molar-refractivity contribution in [1.29, 1.82) is 0 Å². The van der Waals surface area contributed by atoms with Gasteiger partial charge in [0.25, 0.3) is 0 Å². The lowest BCUT2D eigenvalue weighted by molar-refractivity contribution is 0.288. The summed E-state index contributed by atoms with van der Waals surface area (Å²) in [6, 6.07) is 21.3. The highest BCUT2D eigenvalue weighted by atomic mass is 32.2. The van der Waals surface area contributed by atoms with E-state index in [4.69, 9.17) is 4.98 Å². The summed E-state index contributed by atoms with van der Waals surface area (Å²) in [5.74, 6) is 0.638. The molecular formula is C28H31FN2S. The molecule has 1 aliphatic rings. The Kier molecular flexibility index (Phi) is 7.00. The second-order valence-corrected chi connectivity index (χ2v) is 9.76. The number of fused-ring (bicyclic) bond motifs is 1. The van der Waals surface area contributed by atoms with E-state index in [2.05, 4.69) is 61.7 Å².